The first-order valence-corrected chi connectivity index (χ1v) is 12.4. The van der Waals surface area contributed by atoms with Crippen LogP contribution in [0.1, 0.15) is 12.8 Å². The van der Waals surface area contributed by atoms with Crippen LogP contribution in [0.5, 0.6) is 5.75 Å². The summed E-state index contributed by atoms with van der Waals surface area (Å²) in [6.45, 7) is 4.80. The number of methoxy groups -OCH3 is 1. The first kappa shape index (κ1) is 21.7. The Morgan fingerprint density at radius 1 is 0.943 bits per heavy atom. The average Bonchev–Trinajstić information content (AvgIpc) is 3.43. The van der Waals surface area contributed by atoms with Gasteiger partial charge in [0.2, 0.25) is 5.91 Å². The zero-order valence-corrected chi connectivity index (χ0v) is 20.0. The van der Waals surface area contributed by atoms with Gasteiger partial charge in [0.1, 0.15) is 5.75 Å². The molecule has 2 aliphatic heterocycles. The minimum absolute atomic E-state index is 0.00692. The molecule has 0 bridgehead atoms. The third-order valence-electron chi connectivity index (χ3n) is 7.31. The van der Waals surface area contributed by atoms with Crippen LogP contribution in [0.2, 0.25) is 0 Å². The lowest BCUT2D eigenvalue weighted by atomic mass is 9.96. The molecule has 8 heteroatoms. The summed E-state index contributed by atoms with van der Waals surface area (Å²) in [5.74, 6) is 2.04. The molecule has 0 spiro atoms. The molecule has 180 valence electrons. The van der Waals surface area contributed by atoms with Gasteiger partial charge in [-0.2, -0.15) is 0 Å². The number of nitrogens with zero attached hydrogens (tertiary/aromatic N) is 6. The highest BCUT2D eigenvalue weighted by molar-refractivity contribution is 5.84. The van der Waals surface area contributed by atoms with E-state index in [4.69, 9.17) is 9.72 Å². The van der Waals surface area contributed by atoms with Gasteiger partial charge in [-0.3, -0.25) is 4.79 Å². The van der Waals surface area contributed by atoms with E-state index < -0.39 is 0 Å². The maximum absolute atomic E-state index is 13.5. The number of carbonyl (C=O) groups is 1. The van der Waals surface area contributed by atoms with Crippen LogP contribution in [0.3, 0.4) is 0 Å². The van der Waals surface area contributed by atoms with Crippen LogP contribution in [0.4, 0.5) is 11.5 Å². The van der Waals surface area contributed by atoms with Gasteiger partial charge in [-0.25, -0.2) is 9.97 Å². The number of amides is 1. The summed E-state index contributed by atoms with van der Waals surface area (Å²) in [7, 11) is 1.68. The number of ether oxygens (including phenoxy) is 1. The van der Waals surface area contributed by atoms with Crippen molar-refractivity contribution in [3.8, 4) is 5.75 Å². The number of piperidine rings is 1. The molecule has 0 aliphatic carbocycles. The van der Waals surface area contributed by atoms with E-state index in [0.717, 1.165) is 73.8 Å². The predicted molar refractivity (Wildman–Crippen MR) is 137 cm³/mol. The Hall–Kier alpha value is -3.81. The summed E-state index contributed by atoms with van der Waals surface area (Å²) in [4.78, 5) is 29.6. The lowest BCUT2D eigenvalue weighted by molar-refractivity contribution is -0.136. The lowest BCUT2D eigenvalue weighted by Gasteiger charge is -2.40. The summed E-state index contributed by atoms with van der Waals surface area (Å²) < 4.78 is 7.42. The van der Waals surface area contributed by atoms with Crippen LogP contribution in [-0.2, 0) is 4.79 Å². The van der Waals surface area contributed by atoms with E-state index in [1.54, 1.807) is 13.3 Å². The van der Waals surface area contributed by atoms with Gasteiger partial charge in [0.15, 0.2) is 11.5 Å². The van der Waals surface area contributed by atoms with E-state index >= 15 is 0 Å². The molecule has 2 aliphatic rings. The van der Waals surface area contributed by atoms with Crippen molar-refractivity contribution in [2.75, 3.05) is 56.2 Å². The molecule has 0 saturated carbocycles. The fourth-order valence-electron chi connectivity index (χ4n) is 5.43. The number of anilines is 2. The standard InChI is InChI=1S/C27H30N6O2/c1-35-22-10-8-21(9-11-22)30-15-17-31(18-16-30)27(34)20-5-3-13-32(19-20)26-24-7-4-14-33(24)23-6-2-12-28-25(23)29-26/h2,4,6-12,14,20H,3,5,13,15-19H2,1H3/t20-/m0/s1. The summed E-state index contributed by atoms with van der Waals surface area (Å²) in [6.07, 6.45) is 5.75. The number of benzene rings is 1. The van der Waals surface area contributed by atoms with E-state index in [2.05, 4.69) is 48.5 Å². The quantitative estimate of drug-likeness (QED) is 0.455. The van der Waals surface area contributed by atoms with Gasteiger partial charge in [-0.05, 0) is 61.4 Å². The summed E-state index contributed by atoms with van der Waals surface area (Å²) in [6, 6.07) is 16.3. The monoisotopic (exact) mass is 470 g/mol. The SMILES string of the molecule is COc1ccc(N2CCN(C(=O)[C@H]3CCCN(c4nc5ncccc5n5cccc45)C3)CC2)cc1. The number of aromatic nitrogens is 3. The molecular formula is C27H30N6O2. The minimum Gasteiger partial charge on any atom is -0.497 e. The summed E-state index contributed by atoms with van der Waals surface area (Å²) in [5, 5.41) is 0. The smallest absolute Gasteiger partial charge is 0.227 e. The summed E-state index contributed by atoms with van der Waals surface area (Å²) in [5.41, 5.74) is 3.96. The molecule has 0 unspecified atom stereocenters. The largest absolute Gasteiger partial charge is 0.497 e. The Bertz CT molecular complexity index is 1340. The van der Waals surface area contributed by atoms with Crippen molar-refractivity contribution in [2.45, 2.75) is 12.8 Å². The maximum atomic E-state index is 13.5. The van der Waals surface area contributed by atoms with Crippen molar-refractivity contribution in [2.24, 2.45) is 5.92 Å². The van der Waals surface area contributed by atoms with E-state index in [1.807, 2.05) is 30.3 Å². The van der Waals surface area contributed by atoms with Gasteiger partial charge in [0, 0.05) is 57.3 Å². The van der Waals surface area contributed by atoms with Crippen LogP contribution >= 0.6 is 0 Å². The van der Waals surface area contributed by atoms with Gasteiger partial charge < -0.3 is 23.8 Å². The number of rotatable bonds is 4. The first-order chi connectivity index (χ1) is 17.2. The van der Waals surface area contributed by atoms with Crippen molar-refractivity contribution in [1.29, 1.82) is 0 Å². The van der Waals surface area contributed by atoms with Gasteiger partial charge in [-0.1, -0.05) is 0 Å². The fourth-order valence-corrected chi connectivity index (χ4v) is 5.43. The second-order valence-corrected chi connectivity index (χ2v) is 9.34. The molecule has 5 heterocycles. The third-order valence-corrected chi connectivity index (χ3v) is 7.31. The second kappa shape index (κ2) is 9.09. The van der Waals surface area contributed by atoms with Crippen molar-refractivity contribution in [3.05, 3.63) is 60.9 Å². The molecule has 2 saturated heterocycles. The van der Waals surface area contributed by atoms with Crippen LogP contribution < -0.4 is 14.5 Å². The normalized spacial score (nSPS) is 18.9. The predicted octanol–water partition coefficient (Wildman–Crippen LogP) is 3.46. The number of hydrogen-bond donors (Lipinski definition) is 0. The molecule has 35 heavy (non-hydrogen) atoms. The van der Waals surface area contributed by atoms with Gasteiger partial charge in [0.05, 0.1) is 24.1 Å². The third kappa shape index (κ3) is 4.03. The summed E-state index contributed by atoms with van der Waals surface area (Å²) >= 11 is 0. The second-order valence-electron chi connectivity index (χ2n) is 9.34. The molecule has 1 aromatic carbocycles. The molecule has 8 nitrogen and oxygen atoms in total. The topological polar surface area (TPSA) is 66.2 Å². The van der Waals surface area contributed by atoms with E-state index in [9.17, 15) is 4.79 Å². The van der Waals surface area contributed by atoms with Crippen LogP contribution in [-0.4, -0.2) is 71.6 Å². The van der Waals surface area contributed by atoms with Crippen LogP contribution in [0.25, 0.3) is 16.7 Å². The highest BCUT2D eigenvalue weighted by atomic mass is 16.5. The number of fused-ring (bicyclic) bond motifs is 3. The van der Waals surface area contributed by atoms with Crippen molar-refractivity contribution in [3.63, 3.8) is 0 Å². The number of carbonyl (C=O) groups excluding carboxylic acids is 1. The molecule has 1 atom stereocenters. The molecule has 0 N–H and O–H groups in total. The molecule has 4 aromatic rings. The molecule has 6 rings (SSSR count). The molecule has 1 amide bonds. The maximum Gasteiger partial charge on any atom is 0.227 e. The lowest BCUT2D eigenvalue weighted by Crippen LogP contribution is -2.52. The van der Waals surface area contributed by atoms with Gasteiger partial charge in [0.25, 0.3) is 0 Å². The van der Waals surface area contributed by atoms with Crippen molar-refractivity contribution >= 4 is 34.1 Å². The Morgan fingerprint density at radius 3 is 2.54 bits per heavy atom. The molecule has 2 fully saturated rings. The first-order valence-electron chi connectivity index (χ1n) is 12.4. The number of piperazine rings is 1. The highest BCUT2D eigenvalue weighted by Gasteiger charge is 2.32. The average molecular weight is 471 g/mol. The number of hydrogen-bond acceptors (Lipinski definition) is 6. The molecular weight excluding hydrogens is 440 g/mol. The molecule has 0 radical (unpaired) electrons. The van der Waals surface area contributed by atoms with Gasteiger partial charge >= 0.3 is 0 Å². The number of pyridine rings is 1. The minimum atomic E-state index is -0.00692. The zero-order valence-electron chi connectivity index (χ0n) is 20.0. The van der Waals surface area contributed by atoms with Crippen LogP contribution in [0, 0.1) is 5.92 Å². The van der Waals surface area contributed by atoms with E-state index in [-0.39, 0.29) is 11.8 Å². The zero-order chi connectivity index (χ0) is 23.8. The van der Waals surface area contributed by atoms with E-state index in [1.165, 1.54) is 5.69 Å². The Morgan fingerprint density at radius 2 is 1.74 bits per heavy atom. The Labute approximate surface area is 204 Å². The highest BCUT2D eigenvalue weighted by Crippen LogP contribution is 2.29. The molecule has 3 aromatic heterocycles. The van der Waals surface area contributed by atoms with Crippen molar-refractivity contribution < 1.29 is 9.53 Å². The fraction of sp³-hybridized carbons (Fsp3) is 0.370. The Kier molecular flexibility index (Phi) is 5.64. The van der Waals surface area contributed by atoms with E-state index in [0.29, 0.717) is 6.54 Å². The van der Waals surface area contributed by atoms with Crippen molar-refractivity contribution in [1.82, 2.24) is 19.3 Å². The van der Waals surface area contributed by atoms with Crippen LogP contribution in [0.15, 0.2) is 60.9 Å². The Balaban J connectivity index is 1.15. The van der Waals surface area contributed by atoms with Gasteiger partial charge in [-0.15, -0.1) is 0 Å².